The molecule has 0 amide bonds. The van der Waals surface area contributed by atoms with Crippen molar-refractivity contribution < 1.29 is 8.42 Å². The van der Waals surface area contributed by atoms with Gasteiger partial charge < -0.3 is 0 Å². The Kier molecular flexibility index (Phi) is 4.81. The average molecular weight is 303 g/mol. The van der Waals surface area contributed by atoms with E-state index in [1.165, 1.54) is 24.8 Å². The lowest BCUT2D eigenvalue weighted by atomic mass is 9.85. The Balaban J connectivity index is 2.02. The van der Waals surface area contributed by atoms with Crippen molar-refractivity contribution in [1.82, 2.24) is 9.71 Å². The molecule has 2 rings (SSSR count). The zero-order chi connectivity index (χ0) is 13.9. The number of nitrogens with one attached hydrogen (secondary N) is 1. The molecule has 1 aliphatic carbocycles. The second-order valence-corrected chi connectivity index (χ2v) is 7.16. The SMILES string of the molecule is CCC1CCC(NS(=O)(=O)c2ccnc(Cl)c2)CC1. The first-order chi connectivity index (χ1) is 9.01. The minimum absolute atomic E-state index is 0.0414. The van der Waals surface area contributed by atoms with E-state index in [9.17, 15) is 8.42 Å². The van der Waals surface area contributed by atoms with Gasteiger partial charge in [0.15, 0.2) is 0 Å². The van der Waals surface area contributed by atoms with Crippen molar-refractivity contribution in [2.75, 3.05) is 0 Å². The largest absolute Gasteiger partial charge is 0.244 e. The number of rotatable bonds is 4. The number of sulfonamides is 1. The number of hydrogen-bond acceptors (Lipinski definition) is 3. The first kappa shape index (κ1) is 14.8. The highest BCUT2D eigenvalue weighted by molar-refractivity contribution is 7.89. The zero-order valence-corrected chi connectivity index (χ0v) is 12.5. The van der Waals surface area contributed by atoms with Gasteiger partial charge >= 0.3 is 0 Å². The highest BCUT2D eigenvalue weighted by Crippen LogP contribution is 2.27. The molecule has 0 spiro atoms. The second-order valence-electron chi connectivity index (χ2n) is 5.06. The Hall–Kier alpha value is -0.650. The number of halogens is 1. The molecule has 19 heavy (non-hydrogen) atoms. The summed E-state index contributed by atoms with van der Waals surface area (Å²) in [6.07, 6.45) is 6.61. The molecule has 0 bridgehead atoms. The molecule has 1 aromatic rings. The van der Waals surface area contributed by atoms with Gasteiger partial charge in [-0.15, -0.1) is 0 Å². The molecule has 0 atom stereocenters. The summed E-state index contributed by atoms with van der Waals surface area (Å²) < 4.78 is 27.2. The molecule has 0 unspecified atom stereocenters. The fourth-order valence-corrected chi connectivity index (χ4v) is 4.08. The molecule has 1 saturated carbocycles. The fourth-order valence-electron chi connectivity index (χ4n) is 2.53. The monoisotopic (exact) mass is 302 g/mol. The predicted molar refractivity (Wildman–Crippen MR) is 75.6 cm³/mol. The Labute approximate surface area is 119 Å². The maximum Gasteiger partial charge on any atom is 0.240 e. The van der Waals surface area contributed by atoms with Gasteiger partial charge in [0, 0.05) is 12.2 Å². The third-order valence-corrected chi connectivity index (χ3v) is 5.48. The van der Waals surface area contributed by atoms with Gasteiger partial charge in [0.2, 0.25) is 10.0 Å². The third kappa shape index (κ3) is 3.91. The van der Waals surface area contributed by atoms with Gasteiger partial charge in [-0.25, -0.2) is 18.1 Å². The van der Waals surface area contributed by atoms with E-state index < -0.39 is 10.0 Å². The quantitative estimate of drug-likeness (QED) is 0.870. The van der Waals surface area contributed by atoms with Crippen LogP contribution in [0.15, 0.2) is 23.2 Å². The fraction of sp³-hybridized carbons (Fsp3) is 0.615. The molecule has 1 fully saturated rings. The minimum atomic E-state index is -3.48. The normalized spacial score (nSPS) is 24.3. The van der Waals surface area contributed by atoms with Crippen molar-refractivity contribution in [3.8, 4) is 0 Å². The second kappa shape index (κ2) is 6.20. The first-order valence-corrected chi connectivity index (χ1v) is 8.51. The highest BCUT2D eigenvalue weighted by Gasteiger charge is 2.25. The van der Waals surface area contributed by atoms with E-state index in [2.05, 4.69) is 16.6 Å². The van der Waals surface area contributed by atoms with E-state index in [-0.39, 0.29) is 16.1 Å². The van der Waals surface area contributed by atoms with Crippen LogP contribution in [0, 0.1) is 5.92 Å². The van der Waals surface area contributed by atoms with E-state index in [1.54, 1.807) is 0 Å². The van der Waals surface area contributed by atoms with Crippen LogP contribution in [0.4, 0.5) is 0 Å². The number of nitrogens with zero attached hydrogens (tertiary/aromatic N) is 1. The Morgan fingerprint density at radius 3 is 2.63 bits per heavy atom. The molecule has 6 heteroatoms. The Morgan fingerprint density at radius 2 is 2.05 bits per heavy atom. The summed E-state index contributed by atoms with van der Waals surface area (Å²) in [5, 5.41) is 0.192. The van der Waals surface area contributed by atoms with Crippen molar-refractivity contribution in [2.24, 2.45) is 5.92 Å². The number of aromatic nitrogens is 1. The lowest BCUT2D eigenvalue weighted by molar-refractivity contribution is 0.306. The molecule has 106 valence electrons. The van der Waals surface area contributed by atoms with Crippen LogP contribution in [-0.4, -0.2) is 19.4 Å². The van der Waals surface area contributed by atoms with E-state index >= 15 is 0 Å². The molecule has 0 radical (unpaired) electrons. The van der Waals surface area contributed by atoms with E-state index in [0.717, 1.165) is 31.6 Å². The highest BCUT2D eigenvalue weighted by atomic mass is 35.5. The molecule has 0 saturated heterocycles. The van der Waals surface area contributed by atoms with Crippen molar-refractivity contribution in [2.45, 2.75) is 50.0 Å². The Morgan fingerprint density at radius 1 is 1.37 bits per heavy atom. The van der Waals surface area contributed by atoms with Crippen molar-refractivity contribution in [3.05, 3.63) is 23.5 Å². The lowest BCUT2D eigenvalue weighted by Gasteiger charge is -2.28. The molecule has 4 nitrogen and oxygen atoms in total. The summed E-state index contributed by atoms with van der Waals surface area (Å²) in [7, 11) is -3.48. The van der Waals surface area contributed by atoms with E-state index in [0.29, 0.717) is 0 Å². The van der Waals surface area contributed by atoms with Crippen LogP contribution in [0.5, 0.6) is 0 Å². The van der Waals surface area contributed by atoms with Crippen LogP contribution in [0.3, 0.4) is 0 Å². The molecule has 1 aromatic heterocycles. The van der Waals surface area contributed by atoms with Crippen molar-refractivity contribution >= 4 is 21.6 Å². The summed E-state index contributed by atoms with van der Waals surface area (Å²) in [6.45, 7) is 2.19. The molecule has 1 heterocycles. The van der Waals surface area contributed by atoms with Crippen LogP contribution in [-0.2, 0) is 10.0 Å². The van der Waals surface area contributed by atoms with Gasteiger partial charge in [-0.1, -0.05) is 24.9 Å². The topological polar surface area (TPSA) is 59.1 Å². The van der Waals surface area contributed by atoms with E-state index in [4.69, 9.17) is 11.6 Å². The van der Waals surface area contributed by atoms with Crippen LogP contribution in [0.25, 0.3) is 0 Å². The van der Waals surface area contributed by atoms with Crippen LogP contribution in [0.2, 0.25) is 5.15 Å². The third-order valence-electron chi connectivity index (χ3n) is 3.75. The average Bonchev–Trinajstić information content (AvgIpc) is 2.39. The van der Waals surface area contributed by atoms with Gasteiger partial charge in [-0.3, -0.25) is 0 Å². The molecular weight excluding hydrogens is 284 g/mol. The molecule has 1 aliphatic rings. The smallest absolute Gasteiger partial charge is 0.240 e. The summed E-state index contributed by atoms with van der Waals surface area (Å²) in [4.78, 5) is 3.98. The van der Waals surface area contributed by atoms with Gasteiger partial charge in [-0.2, -0.15) is 0 Å². The summed E-state index contributed by atoms with van der Waals surface area (Å²) in [5.41, 5.74) is 0. The number of hydrogen-bond donors (Lipinski definition) is 1. The van der Waals surface area contributed by atoms with Crippen LogP contribution >= 0.6 is 11.6 Å². The first-order valence-electron chi connectivity index (χ1n) is 6.65. The van der Waals surface area contributed by atoms with Gasteiger partial charge in [0.1, 0.15) is 5.15 Å². The molecule has 0 aliphatic heterocycles. The molecule has 0 aromatic carbocycles. The van der Waals surface area contributed by atoms with E-state index in [1.807, 2.05) is 0 Å². The van der Waals surface area contributed by atoms with Gasteiger partial charge in [-0.05, 0) is 43.7 Å². The van der Waals surface area contributed by atoms with Crippen molar-refractivity contribution in [1.29, 1.82) is 0 Å². The van der Waals surface area contributed by atoms with Gasteiger partial charge in [0.25, 0.3) is 0 Å². The predicted octanol–water partition coefficient (Wildman–Crippen LogP) is 2.98. The zero-order valence-electron chi connectivity index (χ0n) is 11.0. The lowest BCUT2D eigenvalue weighted by Crippen LogP contribution is -2.37. The summed E-state index contributed by atoms with van der Waals surface area (Å²) in [6, 6.07) is 2.88. The van der Waals surface area contributed by atoms with Crippen LogP contribution < -0.4 is 4.72 Å². The Bertz CT molecular complexity index is 525. The summed E-state index contributed by atoms with van der Waals surface area (Å²) in [5.74, 6) is 0.746. The summed E-state index contributed by atoms with van der Waals surface area (Å²) >= 11 is 5.73. The molecular formula is C13H19ClN2O2S. The van der Waals surface area contributed by atoms with Crippen molar-refractivity contribution in [3.63, 3.8) is 0 Å². The maximum absolute atomic E-state index is 12.2. The maximum atomic E-state index is 12.2. The van der Waals surface area contributed by atoms with Crippen LogP contribution in [0.1, 0.15) is 39.0 Å². The van der Waals surface area contributed by atoms with Gasteiger partial charge in [0.05, 0.1) is 4.90 Å². The minimum Gasteiger partial charge on any atom is -0.244 e. The molecule has 1 N–H and O–H groups in total. The standard InChI is InChI=1S/C13H19ClN2O2S/c1-2-10-3-5-11(6-4-10)16-19(17,18)12-7-8-15-13(14)9-12/h7-11,16H,2-6H2,1H3. The number of pyridine rings is 1.